The zero-order valence-corrected chi connectivity index (χ0v) is 12.7. The van der Waals surface area contributed by atoms with Gasteiger partial charge in [0, 0.05) is 12.1 Å². The van der Waals surface area contributed by atoms with E-state index in [-0.39, 0.29) is 23.7 Å². The molecule has 0 saturated carbocycles. The summed E-state index contributed by atoms with van der Waals surface area (Å²) in [4.78, 5) is 12.3. The highest BCUT2D eigenvalue weighted by Crippen LogP contribution is 2.26. The van der Waals surface area contributed by atoms with Crippen molar-refractivity contribution in [2.75, 3.05) is 0 Å². The van der Waals surface area contributed by atoms with Gasteiger partial charge in [0.1, 0.15) is 11.6 Å². The molecule has 0 atom stereocenters. The van der Waals surface area contributed by atoms with Crippen LogP contribution in [-0.4, -0.2) is 9.67 Å². The van der Waals surface area contributed by atoms with Gasteiger partial charge in [-0.05, 0) is 32.9 Å². The van der Waals surface area contributed by atoms with E-state index in [1.165, 1.54) is 0 Å². The number of pyridine rings is 1. The van der Waals surface area contributed by atoms with E-state index in [1.807, 2.05) is 25.1 Å². The summed E-state index contributed by atoms with van der Waals surface area (Å²) in [5.74, 6) is -0.332. The van der Waals surface area contributed by atoms with Gasteiger partial charge in [-0.2, -0.15) is 10.4 Å². The Hall–Kier alpha value is -2.94. The van der Waals surface area contributed by atoms with Crippen LogP contribution in [0.25, 0.3) is 0 Å². The molecule has 1 aromatic heterocycles. The lowest BCUT2D eigenvalue weighted by atomic mass is 10.1. The normalized spacial score (nSPS) is 10.8. The highest BCUT2D eigenvalue weighted by molar-refractivity contribution is 5.56. The summed E-state index contributed by atoms with van der Waals surface area (Å²) in [5.41, 5.74) is 1.67. The van der Waals surface area contributed by atoms with Crippen molar-refractivity contribution in [3.05, 3.63) is 51.3 Å². The first-order valence-electron chi connectivity index (χ1n) is 6.84. The van der Waals surface area contributed by atoms with Crippen molar-refractivity contribution in [2.24, 2.45) is 10.2 Å². The molecule has 2 rings (SSSR count). The van der Waals surface area contributed by atoms with Crippen LogP contribution in [0.15, 0.2) is 39.3 Å². The maximum absolute atomic E-state index is 12.3. The lowest BCUT2D eigenvalue weighted by Gasteiger charge is -2.10. The minimum atomic E-state index is -0.465. The number of hydrogen-bond donors (Lipinski definition) is 1. The average molecular weight is 296 g/mol. The van der Waals surface area contributed by atoms with Gasteiger partial charge in [-0.3, -0.25) is 9.36 Å². The molecule has 0 spiro atoms. The van der Waals surface area contributed by atoms with Crippen LogP contribution in [0.2, 0.25) is 0 Å². The summed E-state index contributed by atoms with van der Waals surface area (Å²) in [6, 6.07) is 9.26. The number of nitriles is 1. The predicted molar refractivity (Wildman–Crippen MR) is 82.8 cm³/mol. The van der Waals surface area contributed by atoms with Crippen molar-refractivity contribution in [3.8, 4) is 11.9 Å². The second-order valence-corrected chi connectivity index (χ2v) is 4.87. The Bertz CT molecular complexity index is 827. The first-order valence-corrected chi connectivity index (χ1v) is 6.84. The molecule has 1 aromatic carbocycles. The van der Waals surface area contributed by atoms with E-state index in [9.17, 15) is 9.90 Å². The Kier molecular flexibility index (Phi) is 4.37. The van der Waals surface area contributed by atoms with Crippen LogP contribution in [0, 0.1) is 25.2 Å². The number of rotatable bonds is 3. The molecule has 0 aliphatic heterocycles. The van der Waals surface area contributed by atoms with E-state index >= 15 is 0 Å². The summed E-state index contributed by atoms with van der Waals surface area (Å²) >= 11 is 0. The summed E-state index contributed by atoms with van der Waals surface area (Å²) in [6.45, 7) is 5.48. The van der Waals surface area contributed by atoms with Crippen LogP contribution in [0.3, 0.4) is 0 Å². The second-order valence-electron chi connectivity index (χ2n) is 4.87. The first kappa shape index (κ1) is 15.4. The topological polar surface area (TPSA) is 90.7 Å². The third-order valence-corrected chi connectivity index (χ3v) is 3.38. The van der Waals surface area contributed by atoms with Crippen LogP contribution in [0.4, 0.5) is 11.4 Å². The van der Waals surface area contributed by atoms with Gasteiger partial charge in [0.05, 0.1) is 5.69 Å². The number of benzene rings is 1. The van der Waals surface area contributed by atoms with E-state index in [0.717, 1.165) is 10.1 Å². The van der Waals surface area contributed by atoms with Crippen molar-refractivity contribution in [1.29, 1.82) is 5.26 Å². The van der Waals surface area contributed by atoms with Gasteiger partial charge in [0.2, 0.25) is 5.88 Å². The molecule has 112 valence electrons. The van der Waals surface area contributed by atoms with Crippen LogP contribution in [0.5, 0.6) is 5.88 Å². The Balaban J connectivity index is 2.58. The highest BCUT2D eigenvalue weighted by atomic mass is 16.3. The molecule has 1 heterocycles. The van der Waals surface area contributed by atoms with Gasteiger partial charge < -0.3 is 5.11 Å². The molecule has 0 saturated heterocycles. The van der Waals surface area contributed by atoms with Crippen LogP contribution in [0.1, 0.15) is 23.6 Å². The molecular weight excluding hydrogens is 280 g/mol. The molecule has 22 heavy (non-hydrogen) atoms. The molecule has 0 aliphatic carbocycles. The summed E-state index contributed by atoms with van der Waals surface area (Å²) in [6.07, 6.45) is 0. The fraction of sp³-hybridized carbons (Fsp3) is 0.250. The number of aromatic hydroxyl groups is 1. The van der Waals surface area contributed by atoms with Gasteiger partial charge in [0.25, 0.3) is 5.56 Å². The summed E-state index contributed by atoms with van der Waals surface area (Å²) in [5, 5.41) is 27.1. The minimum absolute atomic E-state index is 0.0410. The number of azo groups is 1. The maximum Gasteiger partial charge on any atom is 0.281 e. The third kappa shape index (κ3) is 2.74. The Labute approximate surface area is 128 Å². The van der Waals surface area contributed by atoms with E-state index in [1.54, 1.807) is 26.0 Å². The molecule has 1 N–H and O–H groups in total. The van der Waals surface area contributed by atoms with Crippen molar-refractivity contribution in [2.45, 2.75) is 27.3 Å². The van der Waals surface area contributed by atoms with Gasteiger partial charge in [-0.15, -0.1) is 5.11 Å². The molecule has 6 nitrogen and oxygen atoms in total. The molecule has 0 amide bonds. The fourth-order valence-corrected chi connectivity index (χ4v) is 2.07. The Morgan fingerprint density at radius 3 is 2.41 bits per heavy atom. The average Bonchev–Trinajstić information content (AvgIpc) is 2.50. The van der Waals surface area contributed by atoms with Gasteiger partial charge >= 0.3 is 0 Å². The van der Waals surface area contributed by atoms with E-state index in [4.69, 9.17) is 5.26 Å². The Morgan fingerprint density at radius 1 is 1.23 bits per heavy atom. The lowest BCUT2D eigenvalue weighted by molar-refractivity contribution is 0.409. The largest absolute Gasteiger partial charge is 0.493 e. The molecule has 2 aromatic rings. The number of hydrogen-bond acceptors (Lipinski definition) is 5. The molecule has 0 radical (unpaired) electrons. The molecule has 0 unspecified atom stereocenters. The van der Waals surface area contributed by atoms with E-state index < -0.39 is 5.56 Å². The number of aryl methyl sites for hydroxylation is 1. The van der Waals surface area contributed by atoms with E-state index in [2.05, 4.69) is 10.2 Å². The zero-order valence-electron chi connectivity index (χ0n) is 12.7. The highest BCUT2D eigenvalue weighted by Gasteiger charge is 2.18. The number of aromatic nitrogens is 1. The van der Waals surface area contributed by atoms with Crippen LogP contribution < -0.4 is 5.56 Å². The number of nitrogens with zero attached hydrogens (tertiary/aromatic N) is 4. The quantitative estimate of drug-likeness (QED) is 0.879. The molecule has 0 bridgehead atoms. The van der Waals surface area contributed by atoms with E-state index in [0.29, 0.717) is 11.3 Å². The van der Waals surface area contributed by atoms with Crippen molar-refractivity contribution in [1.82, 2.24) is 4.57 Å². The predicted octanol–water partition coefficient (Wildman–Crippen LogP) is 3.48. The minimum Gasteiger partial charge on any atom is -0.493 e. The van der Waals surface area contributed by atoms with Gasteiger partial charge in [-0.25, -0.2) is 0 Å². The SMILES string of the molecule is CCn1c(O)c(C#N)c(C)c(N=Nc2ccc(C)cc2)c1=O. The second kappa shape index (κ2) is 6.22. The monoisotopic (exact) mass is 296 g/mol. The fourth-order valence-electron chi connectivity index (χ4n) is 2.07. The smallest absolute Gasteiger partial charge is 0.281 e. The van der Waals surface area contributed by atoms with Gasteiger partial charge in [-0.1, -0.05) is 17.7 Å². The third-order valence-electron chi connectivity index (χ3n) is 3.38. The van der Waals surface area contributed by atoms with Crippen LogP contribution in [-0.2, 0) is 6.54 Å². The van der Waals surface area contributed by atoms with Crippen molar-refractivity contribution >= 4 is 11.4 Å². The molecular formula is C16H16N4O2. The molecule has 0 aliphatic rings. The molecule has 6 heteroatoms. The Morgan fingerprint density at radius 2 is 1.86 bits per heavy atom. The van der Waals surface area contributed by atoms with Gasteiger partial charge in [0.15, 0.2) is 5.69 Å². The summed E-state index contributed by atoms with van der Waals surface area (Å²) in [7, 11) is 0. The standard InChI is InChI=1S/C16H16N4O2/c1-4-20-15(21)13(9-17)11(3)14(16(20)22)19-18-12-7-5-10(2)6-8-12/h5-8,21H,4H2,1-3H3. The van der Waals surface area contributed by atoms with Crippen molar-refractivity contribution in [3.63, 3.8) is 0 Å². The molecule has 0 fully saturated rings. The maximum atomic E-state index is 12.3. The zero-order chi connectivity index (χ0) is 16.3. The van der Waals surface area contributed by atoms with Crippen LogP contribution >= 0.6 is 0 Å². The summed E-state index contributed by atoms with van der Waals surface area (Å²) < 4.78 is 1.11. The lowest BCUT2D eigenvalue weighted by Crippen LogP contribution is -2.20. The first-order chi connectivity index (χ1) is 10.5. The van der Waals surface area contributed by atoms with Crippen molar-refractivity contribution < 1.29 is 5.11 Å².